The number of methoxy groups -OCH3 is 2. The Bertz CT molecular complexity index is 491. The lowest BCUT2D eigenvalue weighted by Crippen LogP contribution is -2.40. The van der Waals surface area contributed by atoms with Crippen LogP contribution in [0.4, 0.5) is 5.69 Å². The van der Waals surface area contributed by atoms with E-state index >= 15 is 0 Å². The van der Waals surface area contributed by atoms with Crippen molar-refractivity contribution in [1.29, 1.82) is 0 Å². The molecule has 0 aliphatic carbocycles. The third kappa shape index (κ3) is 3.82. The van der Waals surface area contributed by atoms with Crippen LogP contribution in [0.2, 0.25) is 0 Å². The van der Waals surface area contributed by atoms with Gasteiger partial charge in [-0.3, -0.25) is 14.9 Å². The van der Waals surface area contributed by atoms with Gasteiger partial charge in [-0.25, -0.2) is 0 Å². The molecule has 0 radical (unpaired) electrons. The molecule has 0 fully saturated rings. The van der Waals surface area contributed by atoms with E-state index < -0.39 is 16.9 Å². The van der Waals surface area contributed by atoms with Gasteiger partial charge in [-0.2, -0.15) is 0 Å². The molecule has 1 rings (SSSR count). The molecule has 0 saturated heterocycles. The molecule has 0 heterocycles. The number of hydrogen-bond acceptors (Lipinski definition) is 7. The van der Waals surface area contributed by atoms with Crippen molar-refractivity contribution in [1.82, 2.24) is 5.32 Å². The van der Waals surface area contributed by atoms with E-state index in [-0.39, 0.29) is 23.8 Å². The first-order valence-corrected chi connectivity index (χ1v) is 5.73. The van der Waals surface area contributed by atoms with Crippen molar-refractivity contribution >= 4 is 11.7 Å². The Kier molecular flexibility index (Phi) is 5.73. The van der Waals surface area contributed by atoms with E-state index in [1.807, 2.05) is 0 Å². The number of esters is 1. The highest BCUT2D eigenvalue weighted by Gasteiger charge is 2.19. The van der Waals surface area contributed by atoms with Crippen LogP contribution >= 0.6 is 0 Å². The zero-order chi connectivity index (χ0) is 15.1. The van der Waals surface area contributed by atoms with Gasteiger partial charge in [0.05, 0.1) is 25.2 Å². The number of carbonyl (C=O) groups is 1. The molecule has 8 nitrogen and oxygen atoms in total. The lowest BCUT2D eigenvalue weighted by Gasteiger charge is -2.14. The molecule has 0 saturated carbocycles. The highest BCUT2D eigenvalue weighted by Crippen LogP contribution is 2.30. The van der Waals surface area contributed by atoms with E-state index in [1.165, 1.54) is 32.4 Å². The van der Waals surface area contributed by atoms with Gasteiger partial charge in [-0.1, -0.05) is 0 Å². The molecule has 8 heteroatoms. The number of nitro benzene ring substituents is 1. The summed E-state index contributed by atoms with van der Waals surface area (Å²) < 4.78 is 14.8. The highest BCUT2D eigenvalue weighted by atomic mass is 16.6. The van der Waals surface area contributed by atoms with Crippen LogP contribution in [0.3, 0.4) is 0 Å². The van der Waals surface area contributed by atoms with Gasteiger partial charge in [-0.05, 0) is 19.2 Å². The maximum atomic E-state index is 11.3. The molecular weight excluding hydrogens is 268 g/mol. The Morgan fingerprint density at radius 2 is 2.15 bits per heavy atom. The molecule has 1 aromatic rings. The summed E-state index contributed by atoms with van der Waals surface area (Å²) in [7, 11) is 4.20. The first-order valence-electron chi connectivity index (χ1n) is 5.73. The summed E-state index contributed by atoms with van der Waals surface area (Å²) in [4.78, 5) is 21.6. The molecule has 20 heavy (non-hydrogen) atoms. The van der Waals surface area contributed by atoms with Gasteiger partial charge >= 0.3 is 11.7 Å². The van der Waals surface area contributed by atoms with Crippen molar-refractivity contribution < 1.29 is 23.9 Å². The van der Waals surface area contributed by atoms with Crippen LogP contribution in [-0.2, 0) is 9.53 Å². The SMILES string of the molecule is CNC(COc1ccc(OC)c([N+](=O)[O-])c1)C(=O)OC. The highest BCUT2D eigenvalue weighted by molar-refractivity contribution is 5.75. The van der Waals surface area contributed by atoms with Crippen molar-refractivity contribution in [2.45, 2.75) is 6.04 Å². The summed E-state index contributed by atoms with van der Waals surface area (Å²) in [5.74, 6) is -0.0716. The van der Waals surface area contributed by atoms with E-state index in [0.717, 1.165) is 0 Å². The zero-order valence-electron chi connectivity index (χ0n) is 11.4. The second-order valence-electron chi connectivity index (χ2n) is 3.77. The largest absolute Gasteiger partial charge is 0.491 e. The van der Waals surface area contributed by atoms with Crippen LogP contribution in [0.1, 0.15) is 0 Å². The van der Waals surface area contributed by atoms with Crippen molar-refractivity contribution in [2.24, 2.45) is 0 Å². The Hall–Kier alpha value is -2.35. The maximum absolute atomic E-state index is 11.3. The molecule has 1 unspecified atom stereocenters. The molecule has 0 amide bonds. The van der Waals surface area contributed by atoms with Crippen LogP contribution in [0.5, 0.6) is 11.5 Å². The normalized spacial score (nSPS) is 11.6. The van der Waals surface area contributed by atoms with Gasteiger partial charge in [0.15, 0.2) is 5.75 Å². The molecule has 1 aromatic carbocycles. The second kappa shape index (κ2) is 7.29. The molecule has 0 aliphatic rings. The van der Waals surface area contributed by atoms with Crippen molar-refractivity contribution in [3.05, 3.63) is 28.3 Å². The summed E-state index contributed by atoms with van der Waals surface area (Å²) in [6.07, 6.45) is 0. The Labute approximate surface area is 115 Å². The Morgan fingerprint density at radius 1 is 1.45 bits per heavy atom. The fraction of sp³-hybridized carbons (Fsp3) is 0.417. The minimum absolute atomic E-state index is 0.00729. The first kappa shape index (κ1) is 15.7. The predicted octanol–water partition coefficient (Wildman–Crippen LogP) is 0.743. The zero-order valence-corrected chi connectivity index (χ0v) is 11.4. The lowest BCUT2D eigenvalue weighted by atomic mass is 10.2. The number of nitrogens with one attached hydrogen (secondary N) is 1. The number of carbonyl (C=O) groups excluding carboxylic acids is 1. The van der Waals surface area contributed by atoms with Gasteiger partial charge in [0.2, 0.25) is 0 Å². The molecule has 0 aliphatic heterocycles. The van der Waals surface area contributed by atoms with Crippen LogP contribution in [0.15, 0.2) is 18.2 Å². The Morgan fingerprint density at radius 3 is 2.65 bits per heavy atom. The summed E-state index contributed by atoms with van der Waals surface area (Å²) in [5.41, 5.74) is -0.205. The molecule has 1 N–H and O–H groups in total. The van der Waals surface area contributed by atoms with Gasteiger partial charge in [0.25, 0.3) is 0 Å². The van der Waals surface area contributed by atoms with Crippen molar-refractivity contribution in [3.63, 3.8) is 0 Å². The standard InChI is InChI=1S/C12H16N2O6/c1-13-9(12(15)19-3)7-20-8-4-5-11(18-2)10(6-8)14(16)17/h4-6,9,13H,7H2,1-3H3. The molecule has 0 spiro atoms. The van der Waals surface area contributed by atoms with Crippen LogP contribution in [-0.4, -0.2) is 44.8 Å². The summed E-state index contributed by atoms with van der Waals surface area (Å²) >= 11 is 0. The minimum Gasteiger partial charge on any atom is -0.491 e. The van der Waals surface area contributed by atoms with E-state index in [0.29, 0.717) is 0 Å². The molecular formula is C12H16N2O6. The first-order chi connectivity index (χ1) is 9.53. The van der Waals surface area contributed by atoms with Crippen molar-refractivity contribution in [3.8, 4) is 11.5 Å². The van der Waals surface area contributed by atoms with Crippen LogP contribution in [0.25, 0.3) is 0 Å². The Balaban J connectivity index is 2.80. The van der Waals surface area contributed by atoms with E-state index in [1.54, 1.807) is 7.05 Å². The maximum Gasteiger partial charge on any atom is 0.326 e. The summed E-state index contributed by atoms with van der Waals surface area (Å²) in [6.45, 7) is -0.00729. The van der Waals surface area contributed by atoms with Crippen LogP contribution < -0.4 is 14.8 Å². The number of likely N-dealkylation sites (N-methyl/N-ethyl adjacent to an activating group) is 1. The number of ether oxygens (including phenoxy) is 3. The van der Waals surface area contributed by atoms with E-state index in [4.69, 9.17) is 9.47 Å². The van der Waals surface area contributed by atoms with E-state index in [2.05, 4.69) is 10.1 Å². The fourth-order valence-corrected chi connectivity index (χ4v) is 1.49. The minimum atomic E-state index is -0.652. The fourth-order valence-electron chi connectivity index (χ4n) is 1.49. The topological polar surface area (TPSA) is 99.9 Å². The molecule has 0 bridgehead atoms. The second-order valence-corrected chi connectivity index (χ2v) is 3.77. The lowest BCUT2D eigenvalue weighted by molar-refractivity contribution is -0.385. The summed E-state index contributed by atoms with van der Waals surface area (Å²) in [5, 5.41) is 13.6. The van der Waals surface area contributed by atoms with Gasteiger partial charge in [-0.15, -0.1) is 0 Å². The third-order valence-electron chi connectivity index (χ3n) is 2.60. The quantitative estimate of drug-likeness (QED) is 0.448. The number of rotatable bonds is 7. The average Bonchev–Trinajstić information content (AvgIpc) is 2.47. The summed E-state index contributed by atoms with van der Waals surface area (Å²) in [6, 6.07) is 3.54. The van der Waals surface area contributed by atoms with Gasteiger partial charge in [0, 0.05) is 0 Å². The molecule has 0 aromatic heterocycles. The van der Waals surface area contributed by atoms with E-state index in [9.17, 15) is 14.9 Å². The number of nitro groups is 1. The molecule has 1 atom stereocenters. The van der Waals surface area contributed by atoms with Crippen LogP contribution in [0, 0.1) is 10.1 Å². The smallest absolute Gasteiger partial charge is 0.326 e. The average molecular weight is 284 g/mol. The van der Waals surface area contributed by atoms with Crippen molar-refractivity contribution in [2.75, 3.05) is 27.9 Å². The van der Waals surface area contributed by atoms with Gasteiger partial charge in [0.1, 0.15) is 18.4 Å². The van der Waals surface area contributed by atoms with Gasteiger partial charge < -0.3 is 19.5 Å². The predicted molar refractivity (Wildman–Crippen MR) is 70.0 cm³/mol. The third-order valence-corrected chi connectivity index (χ3v) is 2.60. The number of nitrogens with zero attached hydrogens (tertiary/aromatic N) is 1. The number of benzene rings is 1. The monoisotopic (exact) mass is 284 g/mol. The number of hydrogen-bond donors (Lipinski definition) is 1. The molecule has 110 valence electrons.